The monoisotopic (exact) mass is 360 g/mol. The third-order valence-electron chi connectivity index (χ3n) is 3.67. The Kier molecular flexibility index (Phi) is 4.89. The highest BCUT2D eigenvalue weighted by molar-refractivity contribution is 7.99. The average Bonchev–Trinajstić information content (AvgIpc) is 3.14. The fourth-order valence-electron chi connectivity index (χ4n) is 2.33. The highest BCUT2D eigenvalue weighted by Gasteiger charge is 2.16. The van der Waals surface area contributed by atoms with Gasteiger partial charge in [-0.25, -0.2) is 4.39 Å². The maximum absolute atomic E-state index is 13.8. The van der Waals surface area contributed by atoms with Gasteiger partial charge in [-0.1, -0.05) is 17.8 Å². The van der Waals surface area contributed by atoms with Gasteiger partial charge in [-0.05, 0) is 37.6 Å². The van der Waals surface area contributed by atoms with Crippen molar-refractivity contribution >= 4 is 23.4 Å². The summed E-state index contributed by atoms with van der Waals surface area (Å²) in [5, 5.41) is 11.4. The summed E-state index contributed by atoms with van der Waals surface area (Å²) < 4.78 is 20.9. The maximum Gasteiger partial charge on any atom is 0.234 e. The molecule has 0 radical (unpaired) electrons. The number of hydrogen-bond acceptors (Lipinski definition) is 5. The number of aromatic nitrogens is 3. The van der Waals surface area contributed by atoms with Crippen molar-refractivity contribution in [2.45, 2.75) is 19.0 Å². The quantitative estimate of drug-likeness (QED) is 0.704. The summed E-state index contributed by atoms with van der Waals surface area (Å²) in [6.45, 7) is 3.64. The van der Waals surface area contributed by atoms with Crippen molar-refractivity contribution in [2.24, 2.45) is 7.05 Å². The molecular formula is C17H17FN4O2S. The number of aryl methyl sites for hydroxylation is 2. The van der Waals surface area contributed by atoms with Gasteiger partial charge in [-0.15, -0.1) is 10.2 Å². The van der Waals surface area contributed by atoms with E-state index in [0.29, 0.717) is 11.0 Å². The highest BCUT2D eigenvalue weighted by atomic mass is 32.2. The lowest BCUT2D eigenvalue weighted by Gasteiger charge is -2.07. The molecule has 0 aliphatic rings. The third kappa shape index (κ3) is 3.74. The van der Waals surface area contributed by atoms with Crippen LogP contribution in [0, 0.1) is 19.7 Å². The van der Waals surface area contributed by atoms with Crippen LogP contribution < -0.4 is 5.32 Å². The number of carbonyl (C=O) groups excluding carboxylic acids is 1. The first-order valence-corrected chi connectivity index (χ1v) is 8.57. The van der Waals surface area contributed by atoms with E-state index in [1.807, 2.05) is 20.0 Å². The zero-order valence-electron chi connectivity index (χ0n) is 14.0. The standard InChI is InChI=1S/C17H17FN4O2S/c1-10-4-5-14(13(18)8-10)19-15(23)9-25-17-21-20-16(22(17)3)12-6-7-24-11(12)2/h4-8H,9H2,1-3H3,(H,19,23). The summed E-state index contributed by atoms with van der Waals surface area (Å²) in [4.78, 5) is 12.1. The molecule has 0 saturated carbocycles. The molecule has 2 heterocycles. The summed E-state index contributed by atoms with van der Waals surface area (Å²) in [6, 6.07) is 6.50. The minimum absolute atomic E-state index is 0.101. The predicted octanol–water partition coefficient (Wildman–Crippen LogP) is 3.56. The Morgan fingerprint density at radius 3 is 2.80 bits per heavy atom. The van der Waals surface area contributed by atoms with Gasteiger partial charge in [0.2, 0.25) is 5.91 Å². The molecule has 130 valence electrons. The molecular weight excluding hydrogens is 343 g/mol. The minimum atomic E-state index is -0.449. The number of carbonyl (C=O) groups is 1. The number of nitrogens with one attached hydrogen (secondary N) is 1. The molecule has 0 aliphatic heterocycles. The molecule has 3 aromatic rings. The molecule has 3 rings (SSSR count). The van der Waals surface area contributed by atoms with E-state index >= 15 is 0 Å². The van der Waals surface area contributed by atoms with Gasteiger partial charge in [0.25, 0.3) is 0 Å². The first kappa shape index (κ1) is 17.2. The molecule has 0 aliphatic carbocycles. The lowest BCUT2D eigenvalue weighted by atomic mass is 10.2. The first-order chi connectivity index (χ1) is 12.0. The van der Waals surface area contributed by atoms with E-state index in [9.17, 15) is 9.18 Å². The number of hydrogen-bond donors (Lipinski definition) is 1. The molecule has 0 unspecified atom stereocenters. The summed E-state index contributed by atoms with van der Waals surface area (Å²) in [7, 11) is 1.82. The normalized spacial score (nSPS) is 10.9. The van der Waals surface area contributed by atoms with E-state index in [0.717, 1.165) is 16.9 Å². The van der Waals surface area contributed by atoms with E-state index in [4.69, 9.17) is 4.42 Å². The molecule has 0 bridgehead atoms. The molecule has 0 spiro atoms. The molecule has 6 nitrogen and oxygen atoms in total. The van der Waals surface area contributed by atoms with Crippen molar-refractivity contribution in [3.8, 4) is 11.4 Å². The fraction of sp³-hybridized carbons (Fsp3) is 0.235. The lowest BCUT2D eigenvalue weighted by Crippen LogP contribution is -2.15. The Balaban J connectivity index is 1.65. The Hall–Kier alpha value is -2.61. The van der Waals surface area contributed by atoms with Gasteiger partial charge in [0.15, 0.2) is 11.0 Å². The third-order valence-corrected chi connectivity index (χ3v) is 4.69. The number of rotatable bonds is 5. The Labute approximate surface area is 148 Å². The van der Waals surface area contributed by atoms with Gasteiger partial charge in [0.1, 0.15) is 11.6 Å². The van der Waals surface area contributed by atoms with Crippen LogP contribution in [0.4, 0.5) is 10.1 Å². The molecule has 0 atom stereocenters. The van der Waals surface area contributed by atoms with Crippen molar-refractivity contribution < 1.29 is 13.6 Å². The number of halogens is 1. The lowest BCUT2D eigenvalue weighted by molar-refractivity contribution is -0.113. The summed E-state index contributed by atoms with van der Waals surface area (Å²) >= 11 is 1.23. The van der Waals surface area contributed by atoms with E-state index in [-0.39, 0.29) is 17.3 Å². The fourth-order valence-corrected chi connectivity index (χ4v) is 3.04. The van der Waals surface area contributed by atoms with Crippen LogP contribution >= 0.6 is 11.8 Å². The number of anilines is 1. The van der Waals surface area contributed by atoms with Crippen molar-refractivity contribution in [2.75, 3.05) is 11.1 Å². The predicted molar refractivity (Wildman–Crippen MR) is 93.9 cm³/mol. The van der Waals surface area contributed by atoms with Gasteiger partial charge in [-0.2, -0.15) is 0 Å². The number of nitrogens with zero attached hydrogens (tertiary/aromatic N) is 3. The largest absolute Gasteiger partial charge is 0.469 e. The summed E-state index contributed by atoms with van der Waals surface area (Å²) in [6.07, 6.45) is 1.59. The van der Waals surface area contributed by atoms with Gasteiger partial charge >= 0.3 is 0 Å². The van der Waals surface area contributed by atoms with Gasteiger partial charge < -0.3 is 14.3 Å². The minimum Gasteiger partial charge on any atom is -0.469 e. The van der Waals surface area contributed by atoms with Crippen LogP contribution in [0.2, 0.25) is 0 Å². The van der Waals surface area contributed by atoms with Crippen molar-refractivity contribution in [1.29, 1.82) is 0 Å². The Morgan fingerprint density at radius 1 is 1.32 bits per heavy atom. The second kappa shape index (κ2) is 7.10. The van der Waals surface area contributed by atoms with Crippen LogP contribution in [-0.2, 0) is 11.8 Å². The number of benzene rings is 1. The molecule has 1 aromatic carbocycles. The summed E-state index contributed by atoms with van der Waals surface area (Å²) in [5.41, 5.74) is 1.82. The number of thioether (sulfide) groups is 1. The zero-order chi connectivity index (χ0) is 18.0. The van der Waals surface area contributed by atoms with Gasteiger partial charge in [0.05, 0.1) is 23.3 Å². The second-order valence-corrected chi connectivity index (χ2v) is 6.52. The molecule has 1 N–H and O–H groups in total. The molecule has 2 aromatic heterocycles. The zero-order valence-corrected chi connectivity index (χ0v) is 14.9. The van der Waals surface area contributed by atoms with E-state index in [1.165, 1.54) is 17.8 Å². The smallest absolute Gasteiger partial charge is 0.234 e. The molecule has 1 amide bonds. The maximum atomic E-state index is 13.8. The number of amides is 1. The van der Waals surface area contributed by atoms with E-state index in [1.54, 1.807) is 29.9 Å². The molecule has 0 saturated heterocycles. The van der Waals surface area contributed by atoms with Gasteiger partial charge in [-0.3, -0.25) is 4.79 Å². The highest BCUT2D eigenvalue weighted by Crippen LogP contribution is 2.26. The van der Waals surface area contributed by atoms with Crippen molar-refractivity contribution in [3.63, 3.8) is 0 Å². The SMILES string of the molecule is Cc1ccc(NC(=O)CSc2nnc(-c3ccoc3C)n2C)c(F)c1. The van der Waals surface area contributed by atoms with Crippen molar-refractivity contribution in [3.05, 3.63) is 47.7 Å². The van der Waals surface area contributed by atoms with Crippen molar-refractivity contribution in [1.82, 2.24) is 14.8 Å². The molecule has 0 fully saturated rings. The first-order valence-electron chi connectivity index (χ1n) is 7.58. The van der Waals surface area contributed by atoms with Crippen LogP contribution in [-0.4, -0.2) is 26.4 Å². The molecule has 8 heteroatoms. The van der Waals surface area contributed by atoms with E-state index in [2.05, 4.69) is 15.5 Å². The topological polar surface area (TPSA) is 73.0 Å². The van der Waals surface area contributed by atoms with Gasteiger partial charge in [0, 0.05) is 7.05 Å². The molecule has 25 heavy (non-hydrogen) atoms. The average molecular weight is 360 g/mol. The Morgan fingerprint density at radius 2 is 2.12 bits per heavy atom. The van der Waals surface area contributed by atoms with Crippen LogP contribution in [0.3, 0.4) is 0 Å². The van der Waals surface area contributed by atoms with Crippen LogP contribution in [0.5, 0.6) is 0 Å². The van der Waals surface area contributed by atoms with Crippen LogP contribution in [0.1, 0.15) is 11.3 Å². The second-order valence-electron chi connectivity index (χ2n) is 5.58. The number of furan rings is 1. The summed E-state index contributed by atoms with van der Waals surface area (Å²) in [5.74, 6) is 0.758. The van der Waals surface area contributed by atoms with Crippen LogP contribution in [0.25, 0.3) is 11.4 Å². The Bertz CT molecular complexity index is 919. The van der Waals surface area contributed by atoms with E-state index < -0.39 is 5.82 Å². The van der Waals surface area contributed by atoms with Crippen LogP contribution in [0.15, 0.2) is 40.1 Å².